The van der Waals surface area contributed by atoms with Crippen molar-refractivity contribution in [2.24, 2.45) is 0 Å². The number of thiazole rings is 1. The summed E-state index contributed by atoms with van der Waals surface area (Å²) in [5.74, 6) is 0. The Kier molecular flexibility index (Phi) is 3.71. The van der Waals surface area contributed by atoms with Crippen molar-refractivity contribution in [2.75, 3.05) is 14.1 Å². The molecule has 0 aliphatic rings. The first-order valence-electron chi connectivity index (χ1n) is 6.11. The van der Waals surface area contributed by atoms with E-state index < -0.39 is 6.10 Å². The molecule has 1 atom stereocenters. The SMILES string of the molecule is CN(C)C(C)(C)C(O)Cc1nc2ccccc2s1. The molecule has 1 heterocycles. The van der Waals surface area contributed by atoms with Crippen LogP contribution in [0.25, 0.3) is 10.2 Å². The zero-order valence-corrected chi connectivity index (χ0v) is 12.2. The number of aromatic nitrogens is 1. The van der Waals surface area contributed by atoms with Gasteiger partial charge in [0.05, 0.1) is 21.3 Å². The van der Waals surface area contributed by atoms with Gasteiger partial charge in [-0.05, 0) is 40.1 Å². The van der Waals surface area contributed by atoms with Crippen molar-refractivity contribution in [1.82, 2.24) is 9.88 Å². The molecular weight excluding hydrogens is 244 g/mol. The highest BCUT2D eigenvalue weighted by molar-refractivity contribution is 7.18. The van der Waals surface area contributed by atoms with Crippen LogP contribution in [-0.2, 0) is 6.42 Å². The van der Waals surface area contributed by atoms with Gasteiger partial charge in [-0.2, -0.15) is 0 Å². The minimum Gasteiger partial charge on any atom is -0.391 e. The number of hydrogen-bond acceptors (Lipinski definition) is 4. The first kappa shape index (κ1) is 13.5. The molecule has 3 nitrogen and oxygen atoms in total. The van der Waals surface area contributed by atoms with Gasteiger partial charge in [0.2, 0.25) is 0 Å². The van der Waals surface area contributed by atoms with Crippen LogP contribution in [0.3, 0.4) is 0 Å². The summed E-state index contributed by atoms with van der Waals surface area (Å²) in [6.45, 7) is 4.09. The van der Waals surface area contributed by atoms with Crippen molar-refractivity contribution in [3.8, 4) is 0 Å². The summed E-state index contributed by atoms with van der Waals surface area (Å²) in [6, 6.07) is 8.09. The zero-order chi connectivity index (χ0) is 13.3. The summed E-state index contributed by atoms with van der Waals surface area (Å²) in [5, 5.41) is 11.3. The molecule has 0 bridgehead atoms. The first-order valence-corrected chi connectivity index (χ1v) is 6.93. The number of rotatable bonds is 4. The molecule has 0 spiro atoms. The molecule has 0 aliphatic heterocycles. The molecule has 1 aromatic carbocycles. The van der Waals surface area contributed by atoms with Gasteiger partial charge in [0, 0.05) is 12.0 Å². The van der Waals surface area contributed by atoms with E-state index in [2.05, 4.69) is 11.1 Å². The van der Waals surface area contributed by atoms with Crippen molar-refractivity contribution in [2.45, 2.75) is 31.9 Å². The lowest BCUT2D eigenvalue weighted by Gasteiger charge is -2.36. The van der Waals surface area contributed by atoms with E-state index >= 15 is 0 Å². The third-order valence-corrected chi connectivity index (χ3v) is 4.73. The summed E-state index contributed by atoms with van der Waals surface area (Å²) in [4.78, 5) is 6.61. The van der Waals surface area contributed by atoms with Gasteiger partial charge in [-0.1, -0.05) is 12.1 Å². The van der Waals surface area contributed by atoms with Crippen molar-refractivity contribution in [3.63, 3.8) is 0 Å². The lowest BCUT2D eigenvalue weighted by atomic mass is 9.94. The Bertz CT molecular complexity index is 500. The van der Waals surface area contributed by atoms with Gasteiger partial charge in [-0.25, -0.2) is 4.98 Å². The van der Waals surface area contributed by atoms with Crippen molar-refractivity contribution < 1.29 is 5.11 Å². The quantitative estimate of drug-likeness (QED) is 0.922. The van der Waals surface area contributed by atoms with Gasteiger partial charge in [0.15, 0.2) is 0 Å². The average molecular weight is 264 g/mol. The number of aliphatic hydroxyl groups is 1. The van der Waals surface area contributed by atoms with Gasteiger partial charge in [-0.15, -0.1) is 11.3 Å². The summed E-state index contributed by atoms with van der Waals surface area (Å²) < 4.78 is 1.18. The number of aliphatic hydroxyl groups excluding tert-OH is 1. The van der Waals surface area contributed by atoms with Crippen LogP contribution in [0.15, 0.2) is 24.3 Å². The first-order chi connectivity index (χ1) is 8.41. The minimum absolute atomic E-state index is 0.252. The Morgan fingerprint density at radius 3 is 2.61 bits per heavy atom. The Hall–Kier alpha value is -0.970. The summed E-state index contributed by atoms with van der Waals surface area (Å²) in [7, 11) is 3.98. The van der Waals surface area contributed by atoms with Gasteiger partial charge >= 0.3 is 0 Å². The predicted octanol–water partition coefficient (Wildman–Crippen LogP) is 2.54. The molecule has 18 heavy (non-hydrogen) atoms. The molecule has 98 valence electrons. The van der Waals surface area contributed by atoms with E-state index in [0.29, 0.717) is 6.42 Å². The van der Waals surface area contributed by atoms with Gasteiger partial charge in [0.1, 0.15) is 0 Å². The molecular formula is C14H20N2OS. The molecule has 1 unspecified atom stereocenters. The number of fused-ring (bicyclic) bond motifs is 1. The maximum Gasteiger partial charge on any atom is 0.0965 e. The third-order valence-electron chi connectivity index (χ3n) is 3.67. The van der Waals surface area contributed by atoms with Gasteiger partial charge in [-0.3, -0.25) is 0 Å². The maximum absolute atomic E-state index is 10.4. The van der Waals surface area contributed by atoms with Crippen LogP contribution in [0, 0.1) is 0 Å². The molecule has 0 aliphatic carbocycles. The Morgan fingerprint density at radius 2 is 2.00 bits per heavy atom. The van der Waals surface area contributed by atoms with Crippen LogP contribution in [0.4, 0.5) is 0 Å². The van der Waals surface area contributed by atoms with Crippen LogP contribution < -0.4 is 0 Å². The van der Waals surface area contributed by atoms with Crippen LogP contribution in [0.1, 0.15) is 18.9 Å². The number of hydrogen-bond donors (Lipinski definition) is 1. The van der Waals surface area contributed by atoms with Crippen molar-refractivity contribution in [3.05, 3.63) is 29.3 Å². The van der Waals surface area contributed by atoms with E-state index in [0.717, 1.165) is 10.5 Å². The summed E-state index contributed by atoms with van der Waals surface area (Å²) in [6.07, 6.45) is 0.179. The van der Waals surface area contributed by atoms with Crippen molar-refractivity contribution in [1.29, 1.82) is 0 Å². The molecule has 1 aromatic heterocycles. The monoisotopic (exact) mass is 264 g/mol. The second-order valence-corrected chi connectivity index (χ2v) is 6.46. The predicted molar refractivity (Wildman–Crippen MR) is 77.1 cm³/mol. The molecule has 2 rings (SSSR count). The zero-order valence-electron chi connectivity index (χ0n) is 11.3. The van der Waals surface area contributed by atoms with Crippen LogP contribution in [-0.4, -0.2) is 40.7 Å². The number of para-hydroxylation sites is 1. The Labute approximate surface area is 112 Å². The van der Waals surface area contributed by atoms with E-state index in [1.165, 1.54) is 4.70 Å². The number of likely N-dealkylation sites (N-methyl/N-ethyl adjacent to an activating group) is 1. The summed E-state index contributed by atoms with van der Waals surface area (Å²) in [5.41, 5.74) is 0.769. The van der Waals surface area contributed by atoms with E-state index in [-0.39, 0.29) is 5.54 Å². The lowest BCUT2D eigenvalue weighted by molar-refractivity contribution is 0.0183. The van der Waals surface area contributed by atoms with Gasteiger partial charge in [0.25, 0.3) is 0 Å². The molecule has 1 N–H and O–H groups in total. The highest BCUT2D eigenvalue weighted by Crippen LogP contribution is 2.25. The average Bonchev–Trinajstić information content (AvgIpc) is 2.70. The van der Waals surface area contributed by atoms with E-state index in [1.807, 2.05) is 51.0 Å². The highest BCUT2D eigenvalue weighted by atomic mass is 32.1. The molecule has 0 radical (unpaired) electrons. The van der Waals surface area contributed by atoms with Crippen LogP contribution >= 0.6 is 11.3 Å². The smallest absolute Gasteiger partial charge is 0.0965 e. The third kappa shape index (κ3) is 2.55. The van der Waals surface area contributed by atoms with E-state index in [1.54, 1.807) is 11.3 Å². The fraction of sp³-hybridized carbons (Fsp3) is 0.500. The second-order valence-electron chi connectivity index (χ2n) is 5.34. The van der Waals surface area contributed by atoms with Crippen molar-refractivity contribution >= 4 is 21.6 Å². The normalized spacial score (nSPS) is 14.3. The standard InChI is InChI=1S/C14H20N2OS/c1-14(2,16(3)4)12(17)9-13-15-10-7-5-6-8-11(10)18-13/h5-8,12,17H,9H2,1-4H3. The molecule has 4 heteroatoms. The van der Waals surface area contributed by atoms with E-state index in [4.69, 9.17) is 0 Å². The topological polar surface area (TPSA) is 36.4 Å². The maximum atomic E-state index is 10.4. The molecule has 0 fully saturated rings. The molecule has 0 saturated carbocycles. The fourth-order valence-corrected chi connectivity index (χ4v) is 2.72. The highest BCUT2D eigenvalue weighted by Gasteiger charge is 2.30. The van der Waals surface area contributed by atoms with Gasteiger partial charge < -0.3 is 10.0 Å². The van der Waals surface area contributed by atoms with Crippen LogP contribution in [0.2, 0.25) is 0 Å². The van der Waals surface area contributed by atoms with E-state index in [9.17, 15) is 5.11 Å². The minimum atomic E-state index is -0.423. The number of nitrogens with zero attached hydrogens (tertiary/aromatic N) is 2. The Morgan fingerprint density at radius 1 is 1.33 bits per heavy atom. The van der Waals surface area contributed by atoms with Crippen LogP contribution in [0.5, 0.6) is 0 Å². The fourth-order valence-electron chi connectivity index (χ4n) is 1.72. The lowest BCUT2D eigenvalue weighted by Crippen LogP contribution is -2.49. The number of benzene rings is 1. The second kappa shape index (κ2) is 4.96. The molecule has 0 amide bonds. The Balaban J connectivity index is 2.18. The molecule has 2 aromatic rings. The summed E-state index contributed by atoms with van der Waals surface area (Å²) >= 11 is 1.66. The largest absolute Gasteiger partial charge is 0.391 e. The molecule has 0 saturated heterocycles.